The second-order valence-electron chi connectivity index (χ2n) is 11.8. The highest BCUT2D eigenvalue weighted by Crippen LogP contribution is 2.33. The fraction of sp³-hybridized carbons (Fsp3) is 0.533. The molecule has 0 aromatic heterocycles. The third kappa shape index (κ3) is 6.23. The number of benzene rings is 2. The molecule has 8 nitrogen and oxygen atoms in total. The van der Waals surface area contributed by atoms with Gasteiger partial charge in [0.2, 0.25) is 5.91 Å². The smallest absolute Gasteiger partial charge is 0.410 e. The lowest BCUT2D eigenvalue weighted by Crippen LogP contribution is -2.51. The highest BCUT2D eigenvalue weighted by Gasteiger charge is 2.28. The van der Waals surface area contributed by atoms with Gasteiger partial charge in [-0.2, -0.15) is 0 Å². The summed E-state index contributed by atoms with van der Waals surface area (Å²) in [6.07, 6.45) is 3.01. The summed E-state index contributed by atoms with van der Waals surface area (Å²) in [5.74, 6) is 0.428. The van der Waals surface area contributed by atoms with Crippen molar-refractivity contribution < 1.29 is 19.4 Å². The zero-order chi connectivity index (χ0) is 26.9. The number of aliphatic hydroxyl groups is 1. The van der Waals surface area contributed by atoms with Gasteiger partial charge in [0.05, 0.1) is 6.04 Å². The van der Waals surface area contributed by atoms with E-state index in [4.69, 9.17) is 4.74 Å². The SMILES string of the molecule is CC(C)(C)OC(=O)N1CCc2cc(N3CCC(c4ccc(NC5CCC(=O)NC5O)cc4)CC3)ccc2C1. The lowest BCUT2D eigenvalue weighted by molar-refractivity contribution is -0.126. The molecule has 38 heavy (non-hydrogen) atoms. The molecule has 2 unspecified atom stereocenters. The summed E-state index contributed by atoms with van der Waals surface area (Å²) in [6, 6.07) is 15.0. The van der Waals surface area contributed by atoms with Crippen molar-refractivity contribution in [3.63, 3.8) is 0 Å². The van der Waals surface area contributed by atoms with Crippen molar-refractivity contribution in [3.8, 4) is 0 Å². The molecule has 0 bridgehead atoms. The average Bonchev–Trinajstić information content (AvgIpc) is 2.89. The summed E-state index contributed by atoms with van der Waals surface area (Å²) in [7, 11) is 0. The highest BCUT2D eigenvalue weighted by atomic mass is 16.6. The van der Waals surface area contributed by atoms with Gasteiger partial charge >= 0.3 is 6.09 Å². The Morgan fingerprint density at radius 1 is 1.00 bits per heavy atom. The number of amides is 2. The lowest BCUT2D eigenvalue weighted by Gasteiger charge is -2.35. The van der Waals surface area contributed by atoms with E-state index in [2.05, 4.69) is 58.0 Å². The third-order valence-electron chi connectivity index (χ3n) is 7.82. The number of hydrogen-bond donors (Lipinski definition) is 3. The number of nitrogens with zero attached hydrogens (tertiary/aromatic N) is 2. The molecule has 2 aromatic carbocycles. The molecule has 3 N–H and O–H groups in total. The maximum atomic E-state index is 12.5. The van der Waals surface area contributed by atoms with Crippen LogP contribution >= 0.6 is 0 Å². The van der Waals surface area contributed by atoms with Crippen LogP contribution in [0.2, 0.25) is 0 Å². The predicted molar refractivity (Wildman–Crippen MR) is 148 cm³/mol. The minimum atomic E-state index is -0.854. The molecule has 2 amide bonds. The van der Waals surface area contributed by atoms with Crippen LogP contribution < -0.4 is 15.5 Å². The number of ether oxygens (including phenoxy) is 1. The Morgan fingerprint density at radius 3 is 2.42 bits per heavy atom. The van der Waals surface area contributed by atoms with Gasteiger partial charge in [-0.05, 0) is 93.3 Å². The Labute approximate surface area is 225 Å². The summed E-state index contributed by atoms with van der Waals surface area (Å²) in [5, 5.41) is 16.0. The van der Waals surface area contributed by atoms with Gasteiger partial charge < -0.3 is 30.3 Å². The van der Waals surface area contributed by atoms with Crippen molar-refractivity contribution in [2.24, 2.45) is 0 Å². The monoisotopic (exact) mass is 520 g/mol. The number of piperidine rings is 2. The molecule has 2 aromatic rings. The zero-order valence-electron chi connectivity index (χ0n) is 22.7. The van der Waals surface area contributed by atoms with Gasteiger partial charge in [0, 0.05) is 44.0 Å². The van der Waals surface area contributed by atoms with E-state index in [1.165, 1.54) is 22.4 Å². The van der Waals surface area contributed by atoms with E-state index >= 15 is 0 Å². The first-order valence-corrected chi connectivity index (χ1v) is 13.8. The van der Waals surface area contributed by atoms with E-state index in [0.29, 0.717) is 31.8 Å². The predicted octanol–water partition coefficient (Wildman–Crippen LogP) is 4.37. The maximum Gasteiger partial charge on any atom is 0.410 e. The van der Waals surface area contributed by atoms with Crippen LogP contribution in [0.5, 0.6) is 0 Å². The van der Waals surface area contributed by atoms with Crippen molar-refractivity contribution in [3.05, 3.63) is 59.2 Å². The summed E-state index contributed by atoms with van der Waals surface area (Å²) in [6.45, 7) is 9.02. The Hall–Kier alpha value is -3.26. The molecule has 0 spiro atoms. The Morgan fingerprint density at radius 2 is 1.74 bits per heavy atom. The van der Waals surface area contributed by atoms with E-state index in [0.717, 1.165) is 38.0 Å². The second kappa shape index (κ2) is 10.8. The van der Waals surface area contributed by atoms with Crippen molar-refractivity contribution >= 4 is 23.4 Å². The fourth-order valence-electron chi connectivity index (χ4n) is 5.69. The molecule has 3 heterocycles. The van der Waals surface area contributed by atoms with Crippen LogP contribution in [-0.2, 0) is 22.5 Å². The first-order chi connectivity index (χ1) is 18.1. The van der Waals surface area contributed by atoms with E-state index in [-0.39, 0.29) is 18.0 Å². The lowest BCUT2D eigenvalue weighted by atomic mass is 9.89. The van der Waals surface area contributed by atoms with Crippen molar-refractivity contribution in [1.82, 2.24) is 10.2 Å². The molecule has 5 rings (SSSR count). The van der Waals surface area contributed by atoms with E-state index in [1.807, 2.05) is 20.8 Å². The molecular formula is C30H40N4O4. The second-order valence-corrected chi connectivity index (χ2v) is 11.8. The molecule has 3 aliphatic rings. The number of aliphatic hydroxyl groups excluding tert-OH is 1. The summed E-state index contributed by atoms with van der Waals surface area (Å²) in [4.78, 5) is 28.2. The zero-order valence-corrected chi connectivity index (χ0v) is 22.7. The standard InChI is InChI=1S/C30H40N4O4/c1-30(2,3)38-29(37)34-17-14-22-18-25(9-6-23(22)19-34)33-15-12-21(13-16-33)20-4-7-24(8-5-20)31-26-10-11-27(35)32-28(26)36/h4-9,18,21,26,28,31,36H,10-17,19H2,1-3H3,(H,32,35). The molecular weight excluding hydrogens is 480 g/mol. The average molecular weight is 521 g/mol. The number of anilines is 2. The summed E-state index contributed by atoms with van der Waals surface area (Å²) in [5.41, 5.74) is 5.63. The third-order valence-corrected chi connectivity index (χ3v) is 7.82. The molecule has 2 fully saturated rings. The van der Waals surface area contributed by atoms with E-state index < -0.39 is 11.8 Å². The number of carbonyl (C=O) groups is 2. The largest absolute Gasteiger partial charge is 0.444 e. The van der Waals surface area contributed by atoms with Crippen LogP contribution in [0, 0.1) is 0 Å². The molecule has 2 atom stereocenters. The van der Waals surface area contributed by atoms with Gasteiger partial charge in [0.15, 0.2) is 0 Å². The van der Waals surface area contributed by atoms with E-state index in [9.17, 15) is 14.7 Å². The first-order valence-electron chi connectivity index (χ1n) is 13.8. The topological polar surface area (TPSA) is 94.1 Å². The van der Waals surface area contributed by atoms with Crippen LogP contribution in [0.25, 0.3) is 0 Å². The van der Waals surface area contributed by atoms with Crippen LogP contribution in [0.3, 0.4) is 0 Å². The Bertz CT molecular complexity index is 1150. The molecule has 8 heteroatoms. The van der Waals surface area contributed by atoms with Gasteiger partial charge in [-0.1, -0.05) is 18.2 Å². The Balaban J connectivity index is 1.14. The van der Waals surface area contributed by atoms with Crippen LogP contribution in [0.4, 0.5) is 16.2 Å². The number of fused-ring (bicyclic) bond motifs is 1. The number of hydrogen-bond acceptors (Lipinski definition) is 6. The molecule has 0 saturated carbocycles. The van der Waals surface area contributed by atoms with Gasteiger partial charge in [0.25, 0.3) is 0 Å². The van der Waals surface area contributed by atoms with Crippen molar-refractivity contribution in [2.45, 2.75) is 83.2 Å². The number of nitrogens with one attached hydrogen (secondary N) is 2. The van der Waals surface area contributed by atoms with Gasteiger partial charge in [-0.3, -0.25) is 4.79 Å². The van der Waals surface area contributed by atoms with Crippen LogP contribution in [-0.4, -0.2) is 59.5 Å². The summed E-state index contributed by atoms with van der Waals surface area (Å²) < 4.78 is 5.56. The number of rotatable bonds is 4. The van der Waals surface area contributed by atoms with Crippen LogP contribution in [0.1, 0.15) is 69.1 Å². The van der Waals surface area contributed by atoms with Gasteiger partial charge in [-0.15, -0.1) is 0 Å². The first kappa shape index (κ1) is 26.4. The summed E-state index contributed by atoms with van der Waals surface area (Å²) >= 11 is 0. The quantitative estimate of drug-likeness (QED) is 0.554. The fourth-order valence-corrected chi connectivity index (χ4v) is 5.69. The van der Waals surface area contributed by atoms with Crippen molar-refractivity contribution in [1.29, 1.82) is 0 Å². The number of carbonyl (C=O) groups excluding carboxylic acids is 2. The Kier molecular flexibility index (Phi) is 7.52. The van der Waals surface area contributed by atoms with Gasteiger partial charge in [-0.25, -0.2) is 4.79 Å². The molecule has 0 aliphatic carbocycles. The molecule has 0 radical (unpaired) electrons. The maximum absolute atomic E-state index is 12.5. The minimum Gasteiger partial charge on any atom is -0.444 e. The van der Waals surface area contributed by atoms with Crippen molar-refractivity contribution in [2.75, 3.05) is 29.9 Å². The molecule has 2 saturated heterocycles. The van der Waals surface area contributed by atoms with Gasteiger partial charge in [0.1, 0.15) is 11.8 Å². The van der Waals surface area contributed by atoms with E-state index in [1.54, 1.807) is 4.90 Å². The molecule has 3 aliphatic heterocycles. The minimum absolute atomic E-state index is 0.0996. The normalized spacial score (nSPS) is 22.5. The molecule has 204 valence electrons. The van der Waals surface area contributed by atoms with Crippen LogP contribution in [0.15, 0.2) is 42.5 Å². The highest BCUT2D eigenvalue weighted by molar-refractivity contribution is 5.77.